The number of rotatable bonds is 4. The summed E-state index contributed by atoms with van der Waals surface area (Å²) in [5.41, 5.74) is 2.15. The third kappa shape index (κ3) is 3.89. The Morgan fingerprint density at radius 3 is 2.55 bits per heavy atom. The molecule has 1 aromatic carbocycles. The van der Waals surface area contributed by atoms with Gasteiger partial charge in [0.1, 0.15) is 9.84 Å². The lowest BCUT2D eigenvalue weighted by Crippen LogP contribution is -2.33. The first-order valence-electron chi connectivity index (χ1n) is 7.16. The van der Waals surface area contributed by atoms with Gasteiger partial charge in [0.05, 0.1) is 11.5 Å². The number of benzene rings is 1. The van der Waals surface area contributed by atoms with Crippen LogP contribution < -0.4 is 5.32 Å². The molecule has 1 heterocycles. The minimum absolute atomic E-state index is 0.258. The highest BCUT2D eigenvalue weighted by atomic mass is 35.5. The Hall–Kier alpha value is -0.740. The number of anilines is 1. The quantitative estimate of drug-likeness (QED) is 0.924. The number of aryl methyl sites for hydroxylation is 1. The van der Waals surface area contributed by atoms with Crippen LogP contribution in [0.3, 0.4) is 0 Å². The van der Waals surface area contributed by atoms with E-state index in [1.165, 1.54) is 0 Å². The van der Waals surface area contributed by atoms with E-state index in [9.17, 15) is 8.42 Å². The minimum atomic E-state index is -2.79. The molecule has 0 saturated carbocycles. The number of hydrogen-bond acceptors (Lipinski definition) is 3. The molecule has 1 fully saturated rings. The minimum Gasteiger partial charge on any atom is -0.382 e. The lowest BCUT2D eigenvalue weighted by Gasteiger charge is -2.29. The number of hydrogen-bond donors (Lipinski definition) is 1. The van der Waals surface area contributed by atoms with E-state index in [-0.39, 0.29) is 6.04 Å². The Labute approximate surface area is 126 Å². The average Bonchev–Trinajstić information content (AvgIpc) is 2.38. The van der Waals surface area contributed by atoms with Crippen LogP contribution in [0.2, 0.25) is 5.02 Å². The van der Waals surface area contributed by atoms with Gasteiger partial charge in [0.25, 0.3) is 0 Å². The van der Waals surface area contributed by atoms with Gasteiger partial charge in [0, 0.05) is 16.8 Å². The smallest absolute Gasteiger partial charge is 0.150 e. The largest absolute Gasteiger partial charge is 0.382 e. The van der Waals surface area contributed by atoms with Gasteiger partial charge in [-0.05, 0) is 49.8 Å². The summed E-state index contributed by atoms with van der Waals surface area (Å²) >= 11 is 6.22. The standard InChI is InChI=1S/C15H22ClNO2S/c1-3-12-4-5-14(10-15(12)16)17-11(2)13-6-8-20(18,19)9-7-13/h4-5,10-11,13,17H,3,6-9H2,1-2H3/t11-/m0/s1. The van der Waals surface area contributed by atoms with Gasteiger partial charge in [0.2, 0.25) is 0 Å². The number of nitrogens with one attached hydrogen (secondary N) is 1. The van der Waals surface area contributed by atoms with Crippen LogP contribution in [0.5, 0.6) is 0 Å². The van der Waals surface area contributed by atoms with Crippen molar-refractivity contribution in [2.75, 3.05) is 16.8 Å². The Kier molecular flexibility index (Phi) is 4.97. The first-order chi connectivity index (χ1) is 9.41. The summed E-state index contributed by atoms with van der Waals surface area (Å²) in [4.78, 5) is 0. The van der Waals surface area contributed by atoms with E-state index in [0.717, 1.165) is 35.5 Å². The summed E-state index contributed by atoms with van der Waals surface area (Å²) in [6.45, 7) is 4.20. The molecule has 1 aromatic rings. The average molecular weight is 316 g/mol. The van der Waals surface area contributed by atoms with Gasteiger partial charge in [-0.2, -0.15) is 0 Å². The van der Waals surface area contributed by atoms with Crippen molar-refractivity contribution in [3.63, 3.8) is 0 Å². The molecule has 3 nitrogen and oxygen atoms in total. The molecule has 112 valence electrons. The van der Waals surface area contributed by atoms with Crippen molar-refractivity contribution in [2.24, 2.45) is 5.92 Å². The maximum atomic E-state index is 11.5. The van der Waals surface area contributed by atoms with Gasteiger partial charge < -0.3 is 5.32 Å². The SMILES string of the molecule is CCc1ccc(N[C@@H](C)C2CCS(=O)(=O)CC2)cc1Cl. The van der Waals surface area contributed by atoms with Crippen molar-refractivity contribution in [3.05, 3.63) is 28.8 Å². The van der Waals surface area contributed by atoms with E-state index >= 15 is 0 Å². The molecular weight excluding hydrogens is 294 g/mol. The van der Waals surface area contributed by atoms with Crippen molar-refractivity contribution in [1.29, 1.82) is 0 Å². The zero-order valence-corrected chi connectivity index (χ0v) is 13.6. The van der Waals surface area contributed by atoms with Crippen molar-refractivity contribution >= 4 is 27.1 Å². The summed E-state index contributed by atoms with van der Waals surface area (Å²) in [7, 11) is -2.79. The van der Waals surface area contributed by atoms with E-state index < -0.39 is 9.84 Å². The molecule has 1 atom stereocenters. The molecule has 0 amide bonds. The van der Waals surface area contributed by atoms with E-state index in [2.05, 4.69) is 19.2 Å². The maximum absolute atomic E-state index is 11.5. The topological polar surface area (TPSA) is 46.2 Å². The van der Waals surface area contributed by atoms with Gasteiger partial charge in [-0.25, -0.2) is 8.42 Å². The summed E-state index contributed by atoms with van der Waals surface area (Å²) in [6.07, 6.45) is 2.42. The van der Waals surface area contributed by atoms with Crippen molar-refractivity contribution < 1.29 is 8.42 Å². The second kappa shape index (κ2) is 6.35. The van der Waals surface area contributed by atoms with Gasteiger partial charge in [-0.15, -0.1) is 0 Å². The molecule has 20 heavy (non-hydrogen) atoms. The second-order valence-electron chi connectivity index (χ2n) is 5.58. The Morgan fingerprint density at radius 1 is 1.35 bits per heavy atom. The van der Waals surface area contributed by atoms with E-state index in [0.29, 0.717) is 17.4 Å². The zero-order chi connectivity index (χ0) is 14.8. The van der Waals surface area contributed by atoms with Crippen LogP contribution in [0.1, 0.15) is 32.3 Å². The first kappa shape index (κ1) is 15.6. The highest BCUT2D eigenvalue weighted by Gasteiger charge is 2.27. The monoisotopic (exact) mass is 315 g/mol. The van der Waals surface area contributed by atoms with Crippen LogP contribution in [-0.4, -0.2) is 26.0 Å². The van der Waals surface area contributed by atoms with Gasteiger partial charge in [-0.3, -0.25) is 0 Å². The summed E-state index contributed by atoms with van der Waals surface area (Å²) in [5, 5.41) is 4.24. The third-order valence-electron chi connectivity index (χ3n) is 4.13. The molecule has 1 aliphatic rings. The highest BCUT2D eigenvalue weighted by Crippen LogP contribution is 2.26. The van der Waals surface area contributed by atoms with Crippen molar-refractivity contribution in [3.8, 4) is 0 Å². The lowest BCUT2D eigenvalue weighted by molar-refractivity contribution is 0.420. The first-order valence-corrected chi connectivity index (χ1v) is 9.36. The van der Waals surface area contributed by atoms with Crippen LogP contribution in [0, 0.1) is 5.92 Å². The zero-order valence-electron chi connectivity index (χ0n) is 12.0. The molecule has 1 N–H and O–H groups in total. The Bertz CT molecular complexity index is 557. The van der Waals surface area contributed by atoms with Crippen molar-refractivity contribution in [1.82, 2.24) is 0 Å². The lowest BCUT2D eigenvalue weighted by atomic mass is 9.94. The molecule has 5 heteroatoms. The fourth-order valence-electron chi connectivity index (χ4n) is 2.71. The normalized spacial score (nSPS) is 20.6. The van der Waals surface area contributed by atoms with Gasteiger partial charge in [0.15, 0.2) is 0 Å². The molecule has 0 aliphatic carbocycles. The fourth-order valence-corrected chi connectivity index (χ4v) is 4.55. The van der Waals surface area contributed by atoms with Crippen LogP contribution >= 0.6 is 11.6 Å². The Morgan fingerprint density at radius 2 is 2.00 bits per heavy atom. The Balaban J connectivity index is 1.98. The van der Waals surface area contributed by atoms with Crippen LogP contribution in [-0.2, 0) is 16.3 Å². The predicted molar refractivity (Wildman–Crippen MR) is 85.3 cm³/mol. The van der Waals surface area contributed by atoms with Crippen molar-refractivity contribution in [2.45, 2.75) is 39.2 Å². The van der Waals surface area contributed by atoms with Crippen LogP contribution in [0.25, 0.3) is 0 Å². The molecule has 1 aliphatic heterocycles. The summed E-state index contributed by atoms with van der Waals surface area (Å²) < 4.78 is 22.9. The predicted octanol–water partition coefficient (Wildman–Crippen LogP) is 3.53. The molecule has 0 unspecified atom stereocenters. The highest BCUT2D eigenvalue weighted by molar-refractivity contribution is 7.91. The molecule has 0 radical (unpaired) electrons. The molecule has 2 rings (SSSR count). The van der Waals surface area contributed by atoms with E-state index in [1.54, 1.807) is 0 Å². The number of halogens is 1. The molecular formula is C15H22ClNO2S. The fraction of sp³-hybridized carbons (Fsp3) is 0.600. The summed E-state index contributed by atoms with van der Waals surface area (Å²) in [6, 6.07) is 6.30. The molecule has 0 aromatic heterocycles. The maximum Gasteiger partial charge on any atom is 0.150 e. The number of sulfone groups is 1. The summed E-state index contributed by atoms with van der Waals surface area (Å²) in [5.74, 6) is 1.04. The van der Waals surface area contributed by atoms with E-state index in [1.807, 2.05) is 18.2 Å². The molecule has 0 bridgehead atoms. The van der Waals surface area contributed by atoms with Gasteiger partial charge in [-0.1, -0.05) is 24.6 Å². The van der Waals surface area contributed by atoms with Crippen LogP contribution in [0.15, 0.2) is 18.2 Å². The third-order valence-corrected chi connectivity index (χ3v) is 6.20. The van der Waals surface area contributed by atoms with E-state index in [4.69, 9.17) is 11.6 Å². The molecule has 0 spiro atoms. The van der Waals surface area contributed by atoms with Crippen LogP contribution in [0.4, 0.5) is 5.69 Å². The van der Waals surface area contributed by atoms with Gasteiger partial charge >= 0.3 is 0 Å². The molecule has 1 saturated heterocycles. The second-order valence-corrected chi connectivity index (χ2v) is 8.29.